The van der Waals surface area contributed by atoms with Gasteiger partial charge < -0.3 is 5.73 Å². The van der Waals surface area contributed by atoms with Crippen LogP contribution in [0.2, 0.25) is 0 Å². The molecule has 0 aliphatic heterocycles. The zero-order valence-electron chi connectivity index (χ0n) is 13.7. The maximum atomic E-state index is 6.51. The molecule has 2 N–H and O–H groups in total. The van der Waals surface area contributed by atoms with E-state index in [1.54, 1.807) is 0 Å². The third kappa shape index (κ3) is 2.03. The van der Waals surface area contributed by atoms with Crippen LogP contribution in [0.5, 0.6) is 0 Å². The highest BCUT2D eigenvalue weighted by molar-refractivity contribution is 6.22. The monoisotopic (exact) mass is 319 g/mol. The number of rotatable bonds is 1. The quantitative estimate of drug-likeness (QED) is 0.281. The zero-order chi connectivity index (χ0) is 16.8. The van der Waals surface area contributed by atoms with Crippen LogP contribution in [0.4, 0.5) is 5.69 Å². The summed E-state index contributed by atoms with van der Waals surface area (Å²) in [5.74, 6) is 0. The normalized spacial score (nSPS) is 11.4. The lowest BCUT2D eigenvalue weighted by molar-refractivity contribution is 1.70. The molecule has 0 radical (unpaired) electrons. The number of benzene rings is 5. The number of nitrogens with two attached hydrogens (primary N) is 1. The molecule has 0 bridgehead atoms. The molecule has 5 aromatic rings. The van der Waals surface area contributed by atoms with E-state index in [0.29, 0.717) is 0 Å². The molecule has 0 saturated carbocycles. The second kappa shape index (κ2) is 5.35. The van der Waals surface area contributed by atoms with Crippen molar-refractivity contribution < 1.29 is 0 Å². The maximum absolute atomic E-state index is 6.51. The van der Waals surface area contributed by atoms with Gasteiger partial charge in [-0.3, -0.25) is 0 Å². The summed E-state index contributed by atoms with van der Waals surface area (Å²) < 4.78 is 0. The molecular weight excluding hydrogens is 302 g/mol. The molecule has 0 heterocycles. The van der Waals surface area contributed by atoms with E-state index in [0.717, 1.165) is 16.5 Å². The number of hydrogen-bond acceptors (Lipinski definition) is 1. The molecule has 1 nitrogen and oxygen atoms in total. The summed E-state index contributed by atoms with van der Waals surface area (Å²) >= 11 is 0. The highest BCUT2D eigenvalue weighted by atomic mass is 14.6. The number of anilines is 1. The van der Waals surface area contributed by atoms with Crippen molar-refractivity contribution >= 4 is 38.0 Å². The van der Waals surface area contributed by atoms with Gasteiger partial charge in [-0.2, -0.15) is 0 Å². The van der Waals surface area contributed by atoms with Crippen molar-refractivity contribution in [1.82, 2.24) is 0 Å². The molecule has 5 rings (SSSR count). The average molecular weight is 319 g/mol. The Kier molecular flexibility index (Phi) is 3.01. The summed E-state index contributed by atoms with van der Waals surface area (Å²) in [6, 6.07) is 32.0. The Bertz CT molecular complexity index is 1190. The van der Waals surface area contributed by atoms with Crippen molar-refractivity contribution in [2.24, 2.45) is 0 Å². The van der Waals surface area contributed by atoms with Crippen molar-refractivity contribution in [3.8, 4) is 11.1 Å². The van der Waals surface area contributed by atoms with Crippen molar-refractivity contribution in [3.05, 3.63) is 91.0 Å². The summed E-state index contributed by atoms with van der Waals surface area (Å²) in [6.45, 7) is 0. The Morgan fingerprint density at radius 1 is 0.440 bits per heavy atom. The number of fused-ring (bicyclic) bond motifs is 3. The minimum absolute atomic E-state index is 0.857. The number of nitrogen functional groups attached to an aromatic ring is 1. The Morgan fingerprint density at radius 2 is 0.920 bits per heavy atom. The molecule has 0 amide bonds. The van der Waals surface area contributed by atoms with Gasteiger partial charge in [0.2, 0.25) is 0 Å². The van der Waals surface area contributed by atoms with E-state index < -0.39 is 0 Å². The van der Waals surface area contributed by atoms with Crippen LogP contribution >= 0.6 is 0 Å². The fourth-order valence-corrected chi connectivity index (χ4v) is 3.90. The van der Waals surface area contributed by atoms with Crippen LogP contribution in [0.3, 0.4) is 0 Å². The minimum Gasteiger partial charge on any atom is -0.398 e. The van der Waals surface area contributed by atoms with E-state index in [2.05, 4.69) is 91.0 Å². The standard InChI is InChI=1S/C24H17N/c25-24-21-13-5-3-11-19(21)23(20-12-4-6-14-22(20)24)18-15-7-9-16-8-1-2-10-17(16)18/h1-15H,25H2. The second-order valence-corrected chi connectivity index (χ2v) is 6.41. The first-order chi connectivity index (χ1) is 12.3. The van der Waals surface area contributed by atoms with Gasteiger partial charge in [0.05, 0.1) is 0 Å². The van der Waals surface area contributed by atoms with E-state index in [1.165, 1.54) is 32.7 Å². The van der Waals surface area contributed by atoms with Crippen LogP contribution in [0.25, 0.3) is 43.4 Å². The van der Waals surface area contributed by atoms with Gasteiger partial charge in [-0.15, -0.1) is 0 Å². The highest BCUT2D eigenvalue weighted by Crippen LogP contribution is 2.42. The maximum Gasteiger partial charge on any atom is 0.0473 e. The predicted molar refractivity (Wildman–Crippen MR) is 109 cm³/mol. The molecule has 0 atom stereocenters. The van der Waals surface area contributed by atoms with E-state index in [1.807, 2.05) is 0 Å². The van der Waals surface area contributed by atoms with Crippen LogP contribution < -0.4 is 5.73 Å². The predicted octanol–water partition coefficient (Wildman–Crippen LogP) is 6.40. The second-order valence-electron chi connectivity index (χ2n) is 6.41. The van der Waals surface area contributed by atoms with Gasteiger partial charge in [0.25, 0.3) is 0 Å². The Labute approximate surface area is 146 Å². The van der Waals surface area contributed by atoms with Crippen LogP contribution in [-0.2, 0) is 0 Å². The lowest BCUT2D eigenvalue weighted by Gasteiger charge is -2.16. The first-order valence-electron chi connectivity index (χ1n) is 8.51. The van der Waals surface area contributed by atoms with Gasteiger partial charge in [-0.25, -0.2) is 0 Å². The Hall–Kier alpha value is -3.32. The SMILES string of the molecule is Nc1c2ccccc2c(-c2cccc3ccccc23)c2ccccc12. The first kappa shape index (κ1) is 14.1. The van der Waals surface area contributed by atoms with Crippen molar-refractivity contribution in [1.29, 1.82) is 0 Å². The summed E-state index contributed by atoms with van der Waals surface area (Å²) in [6.07, 6.45) is 0. The van der Waals surface area contributed by atoms with Gasteiger partial charge in [-0.1, -0.05) is 91.0 Å². The third-order valence-electron chi connectivity index (χ3n) is 5.03. The minimum atomic E-state index is 0.857. The molecule has 0 fully saturated rings. The molecule has 5 aromatic carbocycles. The first-order valence-corrected chi connectivity index (χ1v) is 8.51. The van der Waals surface area contributed by atoms with Crippen molar-refractivity contribution in [2.45, 2.75) is 0 Å². The van der Waals surface area contributed by atoms with Gasteiger partial charge in [0.15, 0.2) is 0 Å². The van der Waals surface area contributed by atoms with Crippen LogP contribution in [0, 0.1) is 0 Å². The molecule has 25 heavy (non-hydrogen) atoms. The van der Waals surface area contributed by atoms with E-state index >= 15 is 0 Å². The van der Waals surface area contributed by atoms with E-state index in [9.17, 15) is 0 Å². The third-order valence-corrected chi connectivity index (χ3v) is 5.03. The zero-order valence-corrected chi connectivity index (χ0v) is 13.7. The summed E-state index contributed by atoms with van der Waals surface area (Å²) in [5, 5.41) is 7.16. The molecule has 0 aliphatic rings. The smallest absolute Gasteiger partial charge is 0.0473 e. The van der Waals surface area contributed by atoms with Crippen LogP contribution in [0.15, 0.2) is 91.0 Å². The van der Waals surface area contributed by atoms with Gasteiger partial charge in [0, 0.05) is 16.5 Å². The fraction of sp³-hybridized carbons (Fsp3) is 0. The van der Waals surface area contributed by atoms with Gasteiger partial charge in [-0.05, 0) is 32.7 Å². The Morgan fingerprint density at radius 3 is 1.56 bits per heavy atom. The topological polar surface area (TPSA) is 26.0 Å². The fourth-order valence-electron chi connectivity index (χ4n) is 3.90. The summed E-state index contributed by atoms with van der Waals surface area (Å²) in [5.41, 5.74) is 9.89. The van der Waals surface area contributed by atoms with Crippen LogP contribution in [-0.4, -0.2) is 0 Å². The molecule has 0 saturated heterocycles. The molecule has 0 unspecified atom stereocenters. The van der Waals surface area contributed by atoms with E-state index in [4.69, 9.17) is 5.73 Å². The van der Waals surface area contributed by atoms with Crippen molar-refractivity contribution in [2.75, 3.05) is 5.73 Å². The molecule has 0 aromatic heterocycles. The highest BCUT2D eigenvalue weighted by Gasteiger charge is 2.14. The molecule has 0 aliphatic carbocycles. The van der Waals surface area contributed by atoms with Gasteiger partial charge >= 0.3 is 0 Å². The molecule has 1 heteroatoms. The summed E-state index contributed by atoms with van der Waals surface area (Å²) in [4.78, 5) is 0. The van der Waals surface area contributed by atoms with Crippen LogP contribution in [0.1, 0.15) is 0 Å². The molecule has 118 valence electrons. The van der Waals surface area contributed by atoms with Gasteiger partial charge in [0.1, 0.15) is 0 Å². The van der Waals surface area contributed by atoms with E-state index in [-0.39, 0.29) is 0 Å². The molecular formula is C24H17N. The average Bonchev–Trinajstić information content (AvgIpc) is 2.68. The lowest BCUT2D eigenvalue weighted by atomic mass is 9.88. The lowest BCUT2D eigenvalue weighted by Crippen LogP contribution is -1.93. The van der Waals surface area contributed by atoms with Crippen molar-refractivity contribution in [3.63, 3.8) is 0 Å². The Balaban J connectivity index is 2.06. The summed E-state index contributed by atoms with van der Waals surface area (Å²) in [7, 11) is 0. The largest absolute Gasteiger partial charge is 0.398 e. The number of hydrogen-bond donors (Lipinski definition) is 1. The molecule has 0 spiro atoms.